The van der Waals surface area contributed by atoms with Gasteiger partial charge in [-0.2, -0.15) is 0 Å². The van der Waals surface area contributed by atoms with Crippen LogP contribution in [0, 0.1) is 0 Å². The fourth-order valence-electron chi connectivity index (χ4n) is 2.22. The molecule has 0 saturated heterocycles. The van der Waals surface area contributed by atoms with Crippen LogP contribution in [0.25, 0.3) is 15.9 Å². The molecule has 0 saturated carbocycles. The van der Waals surface area contributed by atoms with Gasteiger partial charge in [-0.05, 0) is 18.2 Å². The van der Waals surface area contributed by atoms with E-state index in [9.17, 15) is 4.79 Å². The second kappa shape index (κ2) is 5.71. The number of nitrogens with zero attached hydrogens (tertiary/aromatic N) is 4. The number of hydrogen-bond donors (Lipinski definition) is 0. The molecule has 114 valence electrons. The van der Waals surface area contributed by atoms with Crippen molar-refractivity contribution in [1.29, 1.82) is 0 Å². The summed E-state index contributed by atoms with van der Waals surface area (Å²) in [6.07, 6.45) is 3.16. The summed E-state index contributed by atoms with van der Waals surface area (Å²) >= 11 is 4.83. The normalized spacial score (nSPS) is 11.2. The molecule has 6 nitrogen and oxygen atoms in total. The van der Waals surface area contributed by atoms with E-state index in [-0.39, 0.29) is 12.2 Å². The summed E-state index contributed by atoms with van der Waals surface area (Å²) < 4.78 is 8.19. The lowest BCUT2D eigenvalue weighted by Gasteiger charge is -2.07. The second-order valence-corrected chi connectivity index (χ2v) is 6.56. The Morgan fingerprint density at radius 1 is 1.26 bits per heavy atom. The number of thiazole rings is 1. The molecule has 3 aromatic heterocycles. The molecule has 0 spiro atoms. The fourth-order valence-corrected chi connectivity index (χ4v) is 3.32. The highest BCUT2D eigenvalue weighted by Gasteiger charge is 2.08. The largest absolute Gasteiger partial charge is 0.471 e. The molecule has 0 aliphatic heterocycles. The molecule has 0 bridgehead atoms. The van der Waals surface area contributed by atoms with Crippen LogP contribution in [0.5, 0.6) is 5.88 Å². The topological polar surface area (TPSA) is 69.4 Å². The zero-order valence-electron chi connectivity index (χ0n) is 11.6. The zero-order chi connectivity index (χ0) is 15.8. The molecule has 1 aromatic carbocycles. The van der Waals surface area contributed by atoms with E-state index in [0.717, 1.165) is 15.4 Å². The number of aromatic nitrogens is 4. The molecule has 0 N–H and O–H groups in total. The van der Waals surface area contributed by atoms with Crippen LogP contribution in [0.4, 0.5) is 0 Å². The monoisotopic (exact) mass is 388 g/mol. The van der Waals surface area contributed by atoms with E-state index < -0.39 is 0 Å². The maximum atomic E-state index is 12.0. The molecule has 0 fully saturated rings. The van der Waals surface area contributed by atoms with Gasteiger partial charge in [-0.1, -0.05) is 15.9 Å². The Bertz CT molecular complexity index is 1080. The van der Waals surface area contributed by atoms with E-state index >= 15 is 0 Å². The van der Waals surface area contributed by atoms with Gasteiger partial charge < -0.3 is 4.74 Å². The molecule has 23 heavy (non-hydrogen) atoms. The Kier molecular flexibility index (Phi) is 3.55. The summed E-state index contributed by atoms with van der Waals surface area (Å²) in [7, 11) is 0. The van der Waals surface area contributed by atoms with E-state index in [1.54, 1.807) is 6.20 Å². The molecule has 0 aliphatic carbocycles. The van der Waals surface area contributed by atoms with Gasteiger partial charge in [-0.15, -0.1) is 11.3 Å². The maximum absolute atomic E-state index is 12.0. The molecular weight excluding hydrogens is 380 g/mol. The van der Waals surface area contributed by atoms with Crippen LogP contribution in [-0.4, -0.2) is 19.4 Å². The van der Waals surface area contributed by atoms with E-state index in [1.165, 1.54) is 28.1 Å². The minimum atomic E-state index is -0.120. The smallest absolute Gasteiger partial charge is 0.258 e. The van der Waals surface area contributed by atoms with Gasteiger partial charge in [0.2, 0.25) is 5.88 Å². The molecule has 0 atom stereocenters. The molecule has 0 amide bonds. The van der Waals surface area contributed by atoms with Crippen LogP contribution in [-0.2, 0) is 6.61 Å². The molecule has 0 aliphatic rings. The number of rotatable bonds is 3. The third-order valence-corrected chi connectivity index (χ3v) is 4.52. The Hall–Kier alpha value is -2.32. The first-order valence-corrected chi connectivity index (χ1v) is 8.37. The Morgan fingerprint density at radius 2 is 2.17 bits per heavy atom. The van der Waals surface area contributed by atoms with Gasteiger partial charge in [0.1, 0.15) is 12.9 Å². The number of hydrogen-bond acceptors (Lipinski definition) is 6. The van der Waals surface area contributed by atoms with E-state index in [4.69, 9.17) is 4.74 Å². The molecule has 8 heteroatoms. The van der Waals surface area contributed by atoms with Gasteiger partial charge in [0.25, 0.3) is 5.56 Å². The second-order valence-electron chi connectivity index (χ2n) is 4.77. The summed E-state index contributed by atoms with van der Waals surface area (Å²) in [5.41, 5.74) is 1.24. The summed E-state index contributed by atoms with van der Waals surface area (Å²) in [4.78, 5) is 25.4. The highest BCUT2D eigenvalue weighted by Crippen LogP contribution is 2.25. The molecule has 4 aromatic rings. The van der Waals surface area contributed by atoms with E-state index in [2.05, 4.69) is 30.9 Å². The van der Waals surface area contributed by atoms with Crippen molar-refractivity contribution in [3.05, 3.63) is 62.7 Å². The van der Waals surface area contributed by atoms with Crippen molar-refractivity contribution < 1.29 is 4.74 Å². The van der Waals surface area contributed by atoms with Crippen molar-refractivity contribution >= 4 is 43.1 Å². The van der Waals surface area contributed by atoms with E-state index in [0.29, 0.717) is 16.5 Å². The molecule has 0 unspecified atom stereocenters. The Balaban J connectivity index is 1.68. The quantitative estimate of drug-likeness (QED) is 0.539. The average molecular weight is 389 g/mol. The van der Waals surface area contributed by atoms with Crippen molar-refractivity contribution in [2.24, 2.45) is 0 Å². The summed E-state index contributed by atoms with van der Waals surface area (Å²) in [5.74, 6) is 0.462. The van der Waals surface area contributed by atoms with Crippen LogP contribution in [0.15, 0.2) is 51.4 Å². The highest BCUT2D eigenvalue weighted by atomic mass is 79.9. The SMILES string of the molecule is O=c1cc(COc2ncnc3ccc(Br)cc23)nc2sccn12. The third-order valence-electron chi connectivity index (χ3n) is 3.27. The predicted octanol–water partition coefficient (Wildman–Crippen LogP) is 3.04. The third kappa shape index (κ3) is 2.71. The van der Waals surface area contributed by atoms with Crippen LogP contribution >= 0.6 is 27.3 Å². The summed E-state index contributed by atoms with van der Waals surface area (Å²) in [6.45, 7) is 0.169. The lowest BCUT2D eigenvalue weighted by atomic mass is 10.2. The number of ether oxygens (including phenoxy) is 1. The average Bonchev–Trinajstić information content (AvgIpc) is 3.02. The molecule has 0 radical (unpaired) electrons. The Morgan fingerprint density at radius 3 is 3.09 bits per heavy atom. The van der Waals surface area contributed by atoms with Gasteiger partial charge in [0.05, 0.1) is 16.6 Å². The summed E-state index contributed by atoms with van der Waals surface area (Å²) in [6, 6.07) is 7.16. The van der Waals surface area contributed by atoms with Gasteiger partial charge in [0, 0.05) is 22.1 Å². The van der Waals surface area contributed by atoms with Crippen LogP contribution in [0.3, 0.4) is 0 Å². The van der Waals surface area contributed by atoms with Crippen LogP contribution in [0.1, 0.15) is 5.69 Å². The van der Waals surface area contributed by atoms with Crippen molar-refractivity contribution in [2.75, 3.05) is 0 Å². The van der Waals surface area contributed by atoms with Crippen molar-refractivity contribution in [3.63, 3.8) is 0 Å². The summed E-state index contributed by atoms with van der Waals surface area (Å²) in [5, 5.41) is 2.62. The minimum absolute atomic E-state index is 0.120. The first-order chi connectivity index (χ1) is 11.2. The molecule has 3 heterocycles. The lowest BCUT2D eigenvalue weighted by molar-refractivity contribution is 0.293. The highest BCUT2D eigenvalue weighted by molar-refractivity contribution is 9.10. The Labute approximate surface area is 142 Å². The first kappa shape index (κ1) is 14.3. The van der Waals surface area contributed by atoms with Gasteiger partial charge in [0.15, 0.2) is 4.96 Å². The van der Waals surface area contributed by atoms with Crippen molar-refractivity contribution in [2.45, 2.75) is 6.61 Å². The van der Waals surface area contributed by atoms with E-state index in [1.807, 2.05) is 23.6 Å². The molecular formula is C15H9BrN4O2S. The maximum Gasteiger partial charge on any atom is 0.258 e. The zero-order valence-corrected chi connectivity index (χ0v) is 14.0. The minimum Gasteiger partial charge on any atom is -0.471 e. The van der Waals surface area contributed by atoms with Gasteiger partial charge in [-0.25, -0.2) is 15.0 Å². The van der Waals surface area contributed by atoms with Crippen molar-refractivity contribution in [1.82, 2.24) is 19.4 Å². The van der Waals surface area contributed by atoms with Gasteiger partial charge in [-0.3, -0.25) is 9.20 Å². The van der Waals surface area contributed by atoms with Gasteiger partial charge >= 0.3 is 0 Å². The predicted molar refractivity (Wildman–Crippen MR) is 90.9 cm³/mol. The number of benzene rings is 1. The van der Waals surface area contributed by atoms with Crippen molar-refractivity contribution in [3.8, 4) is 5.88 Å². The molecule has 4 rings (SSSR count). The fraction of sp³-hybridized carbons (Fsp3) is 0.0667. The standard InChI is InChI=1S/C15H9BrN4O2S/c16-9-1-2-12-11(5-9)14(18-8-17-12)22-7-10-6-13(21)20-3-4-23-15(20)19-10/h1-6,8H,7H2. The lowest BCUT2D eigenvalue weighted by Crippen LogP contribution is -2.14. The van der Waals surface area contributed by atoms with Crippen LogP contribution < -0.4 is 10.3 Å². The number of fused-ring (bicyclic) bond motifs is 2. The van der Waals surface area contributed by atoms with Crippen LogP contribution in [0.2, 0.25) is 0 Å². The first-order valence-electron chi connectivity index (χ1n) is 6.69. The number of halogens is 1.